The summed E-state index contributed by atoms with van der Waals surface area (Å²) in [4.78, 5) is 4.14. The zero-order chi connectivity index (χ0) is 12.4. The van der Waals surface area contributed by atoms with E-state index in [1.54, 1.807) is 23.9 Å². The number of aromatic nitrogens is 1. The molecule has 0 fully saturated rings. The lowest BCUT2D eigenvalue weighted by Crippen LogP contribution is -1.83. The minimum Gasteiger partial charge on any atom is -0.375 e. The van der Waals surface area contributed by atoms with Crippen molar-refractivity contribution in [2.75, 3.05) is 5.73 Å². The number of aryl methyl sites for hydroxylation is 1. The minimum absolute atomic E-state index is 0.156. The van der Waals surface area contributed by atoms with Gasteiger partial charge in [-0.15, -0.1) is 11.8 Å². The molecule has 0 saturated carbocycles. The average molecular weight is 289 g/mol. The minimum atomic E-state index is -0.390. The number of rotatable bonds is 3. The number of hydrogen-bond donors (Lipinski definition) is 1. The number of nitrogens with zero attached hydrogens (tertiary/aromatic N) is 1. The van der Waals surface area contributed by atoms with E-state index in [-0.39, 0.29) is 5.02 Å². The van der Waals surface area contributed by atoms with Crippen molar-refractivity contribution < 1.29 is 4.39 Å². The summed E-state index contributed by atoms with van der Waals surface area (Å²) in [5.74, 6) is 0.335. The largest absolute Gasteiger partial charge is 0.375 e. The highest BCUT2D eigenvalue weighted by atomic mass is 35.5. The number of thioether (sulfide) groups is 1. The highest BCUT2D eigenvalue weighted by Gasteiger charge is 2.07. The fraction of sp³-hybridized carbons (Fsp3) is 0.182. The molecule has 0 aliphatic carbocycles. The number of nitrogen functional groups attached to an aromatic ring is 1. The van der Waals surface area contributed by atoms with Gasteiger partial charge in [0.15, 0.2) is 5.13 Å². The lowest BCUT2D eigenvalue weighted by molar-refractivity contribution is 0.628. The summed E-state index contributed by atoms with van der Waals surface area (Å²) < 4.78 is 14.1. The van der Waals surface area contributed by atoms with Crippen molar-refractivity contribution in [3.8, 4) is 0 Å². The van der Waals surface area contributed by atoms with Crippen molar-refractivity contribution in [2.45, 2.75) is 16.9 Å². The Hall–Kier alpha value is -0.780. The zero-order valence-electron chi connectivity index (χ0n) is 9.04. The van der Waals surface area contributed by atoms with Gasteiger partial charge in [0.25, 0.3) is 0 Å². The van der Waals surface area contributed by atoms with Crippen LogP contribution in [0.3, 0.4) is 0 Å². The van der Waals surface area contributed by atoms with Gasteiger partial charge in [-0.25, -0.2) is 9.37 Å². The molecule has 0 atom stereocenters. The Morgan fingerprint density at radius 1 is 1.53 bits per heavy atom. The molecular weight excluding hydrogens is 279 g/mol. The Morgan fingerprint density at radius 3 is 2.88 bits per heavy atom. The van der Waals surface area contributed by atoms with Crippen molar-refractivity contribution in [1.82, 2.24) is 4.98 Å². The SMILES string of the molecule is Cc1nc(N)sc1SCc1ccc(F)c(Cl)c1. The van der Waals surface area contributed by atoms with Crippen LogP contribution in [0.5, 0.6) is 0 Å². The van der Waals surface area contributed by atoms with Crippen LogP contribution in [-0.2, 0) is 5.75 Å². The molecule has 2 rings (SSSR count). The molecule has 2 nitrogen and oxygen atoms in total. The Kier molecular flexibility index (Phi) is 3.91. The molecule has 1 heterocycles. The molecule has 2 N–H and O–H groups in total. The molecule has 0 saturated heterocycles. The van der Waals surface area contributed by atoms with E-state index in [0.29, 0.717) is 5.13 Å². The fourth-order valence-electron chi connectivity index (χ4n) is 1.31. The van der Waals surface area contributed by atoms with E-state index in [2.05, 4.69) is 4.98 Å². The maximum absolute atomic E-state index is 13.0. The molecule has 0 unspecified atom stereocenters. The topological polar surface area (TPSA) is 38.9 Å². The van der Waals surface area contributed by atoms with Gasteiger partial charge in [-0.1, -0.05) is 29.0 Å². The first-order valence-corrected chi connectivity index (χ1v) is 7.04. The van der Waals surface area contributed by atoms with Crippen molar-refractivity contribution in [2.24, 2.45) is 0 Å². The molecule has 0 spiro atoms. The van der Waals surface area contributed by atoms with Gasteiger partial charge in [-0.2, -0.15) is 0 Å². The Bertz CT molecular complexity index is 542. The molecule has 1 aromatic carbocycles. The molecule has 2 aromatic rings. The lowest BCUT2D eigenvalue weighted by atomic mass is 10.2. The van der Waals surface area contributed by atoms with E-state index in [1.165, 1.54) is 17.4 Å². The van der Waals surface area contributed by atoms with Gasteiger partial charge in [0.05, 0.1) is 14.9 Å². The van der Waals surface area contributed by atoms with Gasteiger partial charge in [-0.05, 0) is 24.6 Å². The van der Waals surface area contributed by atoms with Crippen LogP contribution in [0.2, 0.25) is 5.02 Å². The highest BCUT2D eigenvalue weighted by Crippen LogP contribution is 2.33. The van der Waals surface area contributed by atoms with Crippen LogP contribution < -0.4 is 5.73 Å². The number of hydrogen-bond acceptors (Lipinski definition) is 4. The van der Waals surface area contributed by atoms with E-state index in [9.17, 15) is 4.39 Å². The lowest BCUT2D eigenvalue weighted by Gasteiger charge is -2.01. The van der Waals surface area contributed by atoms with Crippen LogP contribution in [0.4, 0.5) is 9.52 Å². The van der Waals surface area contributed by atoms with Gasteiger partial charge >= 0.3 is 0 Å². The van der Waals surface area contributed by atoms with Gasteiger partial charge < -0.3 is 5.73 Å². The number of benzene rings is 1. The summed E-state index contributed by atoms with van der Waals surface area (Å²) in [5.41, 5.74) is 7.53. The second-order valence-electron chi connectivity index (χ2n) is 3.46. The maximum atomic E-state index is 13.0. The van der Waals surface area contributed by atoms with Crippen molar-refractivity contribution in [3.63, 3.8) is 0 Å². The van der Waals surface area contributed by atoms with Crippen molar-refractivity contribution >= 4 is 39.8 Å². The number of anilines is 1. The third kappa shape index (κ3) is 3.12. The molecule has 17 heavy (non-hydrogen) atoms. The Balaban J connectivity index is 2.07. The quantitative estimate of drug-likeness (QED) is 0.864. The smallest absolute Gasteiger partial charge is 0.181 e. The molecule has 6 heteroatoms. The Labute approximate surface area is 112 Å². The van der Waals surface area contributed by atoms with Crippen LogP contribution in [0, 0.1) is 12.7 Å². The number of nitrogens with two attached hydrogens (primary N) is 1. The van der Waals surface area contributed by atoms with Crippen molar-refractivity contribution in [1.29, 1.82) is 0 Å². The maximum Gasteiger partial charge on any atom is 0.181 e. The first kappa shape index (κ1) is 12.7. The molecule has 90 valence electrons. The fourth-order valence-corrected chi connectivity index (χ4v) is 3.48. The van der Waals surface area contributed by atoms with Crippen LogP contribution in [0.25, 0.3) is 0 Å². The second-order valence-corrected chi connectivity index (χ2v) is 6.14. The average Bonchev–Trinajstić information content (AvgIpc) is 2.59. The molecule has 0 amide bonds. The van der Waals surface area contributed by atoms with Gasteiger partial charge in [0, 0.05) is 5.75 Å². The monoisotopic (exact) mass is 288 g/mol. The molecule has 0 bridgehead atoms. The number of halogens is 2. The molecular formula is C11H10ClFN2S2. The summed E-state index contributed by atoms with van der Waals surface area (Å²) in [6.07, 6.45) is 0. The summed E-state index contributed by atoms with van der Waals surface area (Å²) in [7, 11) is 0. The second kappa shape index (κ2) is 5.25. The van der Waals surface area contributed by atoms with E-state index in [0.717, 1.165) is 21.2 Å². The van der Waals surface area contributed by atoms with E-state index >= 15 is 0 Å². The first-order valence-electron chi connectivity index (χ1n) is 4.86. The highest BCUT2D eigenvalue weighted by molar-refractivity contribution is 8.00. The molecule has 0 aliphatic rings. The van der Waals surface area contributed by atoms with Gasteiger partial charge in [0.1, 0.15) is 5.82 Å². The summed E-state index contributed by atoms with van der Waals surface area (Å²) in [6.45, 7) is 1.92. The zero-order valence-corrected chi connectivity index (χ0v) is 11.4. The summed E-state index contributed by atoms with van der Waals surface area (Å²) in [6, 6.07) is 4.75. The number of thiazole rings is 1. The third-order valence-corrected chi connectivity index (χ3v) is 4.83. The van der Waals surface area contributed by atoms with Crippen LogP contribution in [0.1, 0.15) is 11.3 Å². The third-order valence-electron chi connectivity index (χ3n) is 2.12. The van der Waals surface area contributed by atoms with E-state index in [4.69, 9.17) is 17.3 Å². The summed E-state index contributed by atoms with van der Waals surface area (Å²) in [5, 5.41) is 0.728. The molecule has 1 aromatic heterocycles. The van der Waals surface area contributed by atoms with Gasteiger partial charge in [-0.3, -0.25) is 0 Å². The first-order chi connectivity index (χ1) is 8.06. The van der Waals surface area contributed by atoms with Crippen LogP contribution >= 0.6 is 34.7 Å². The molecule has 0 aliphatic heterocycles. The standard InChI is InChI=1S/C11H10ClFN2S2/c1-6-10(17-11(14)15-6)16-5-7-2-3-9(13)8(12)4-7/h2-4H,5H2,1H3,(H2,14,15). The molecule has 0 radical (unpaired) electrons. The van der Waals surface area contributed by atoms with E-state index < -0.39 is 5.82 Å². The van der Waals surface area contributed by atoms with Crippen molar-refractivity contribution in [3.05, 3.63) is 40.3 Å². The van der Waals surface area contributed by atoms with Crippen LogP contribution in [-0.4, -0.2) is 4.98 Å². The normalized spacial score (nSPS) is 10.8. The van der Waals surface area contributed by atoms with Crippen LogP contribution in [0.15, 0.2) is 22.4 Å². The predicted molar refractivity (Wildman–Crippen MR) is 72.2 cm³/mol. The van der Waals surface area contributed by atoms with Gasteiger partial charge in [0.2, 0.25) is 0 Å². The predicted octanol–water partition coefficient (Wildman–Crippen LogP) is 4.12. The Morgan fingerprint density at radius 2 is 2.29 bits per heavy atom. The summed E-state index contributed by atoms with van der Waals surface area (Å²) >= 11 is 8.81. The van der Waals surface area contributed by atoms with E-state index in [1.807, 2.05) is 6.92 Å².